The van der Waals surface area contributed by atoms with Crippen LogP contribution in [0.25, 0.3) is 27.7 Å². The fourth-order valence-electron chi connectivity index (χ4n) is 4.64. The van der Waals surface area contributed by atoms with Crippen molar-refractivity contribution >= 4 is 22.5 Å². The van der Waals surface area contributed by atoms with Crippen molar-refractivity contribution in [2.24, 2.45) is 0 Å². The molecule has 0 aliphatic carbocycles. The van der Waals surface area contributed by atoms with Crippen LogP contribution in [-0.2, 0) is 0 Å². The number of carbonyl (C=O) groups is 1. The second kappa shape index (κ2) is 8.26. The molecular formula is C25H22IN6O-. The summed E-state index contributed by atoms with van der Waals surface area (Å²) in [6.45, 7) is 1.48. The molecule has 1 amide bonds. The van der Waals surface area contributed by atoms with Gasteiger partial charge in [-0.3, -0.25) is 0 Å². The quantitative estimate of drug-likeness (QED) is 0.266. The number of rotatable bonds is 4. The Morgan fingerprint density at radius 2 is 1.97 bits per heavy atom. The number of halogens is 1. The molecule has 8 heteroatoms. The monoisotopic (exact) mass is 549 g/mol. The Morgan fingerprint density at radius 1 is 1.09 bits per heavy atom. The number of carbonyl (C=O) groups excluding carboxylic acids is 1. The molecule has 1 saturated heterocycles. The SMILES string of the molecule is C[I-]c1ccc(C(=O)N2CCC(c3cc4c(-c5cnn6ncccc56)ccnc4[nH]3)C2)cc1. The van der Waals surface area contributed by atoms with Gasteiger partial charge in [-0.1, -0.05) is 0 Å². The molecule has 5 heterocycles. The zero-order chi connectivity index (χ0) is 22.4. The van der Waals surface area contributed by atoms with Gasteiger partial charge in [0.25, 0.3) is 0 Å². The summed E-state index contributed by atoms with van der Waals surface area (Å²) in [5.74, 6) is 0.384. The number of aromatic amines is 1. The molecular weight excluding hydrogens is 527 g/mol. The number of H-pyrrole nitrogens is 1. The summed E-state index contributed by atoms with van der Waals surface area (Å²) in [5, 5.41) is 9.73. The van der Waals surface area contributed by atoms with Crippen molar-refractivity contribution in [3.8, 4) is 11.1 Å². The van der Waals surface area contributed by atoms with Gasteiger partial charge >= 0.3 is 139 Å². The molecule has 1 aliphatic rings. The van der Waals surface area contributed by atoms with Crippen LogP contribution in [0.4, 0.5) is 0 Å². The van der Waals surface area contributed by atoms with Gasteiger partial charge in [0, 0.05) is 18.0 Å². The van der Waals surface area contributed by atoms with Crippen LogP contribution in [0.15, 0.2) is 67.1 Å². The summed E-state index contributed by atoms with van der Waals surface area (Å²) in [7, 11) is 0. The number of nitrogens with one attached hydrogen (secondary N) is 1. The van der Waals surface area contributed by atoms with Crippen molar-refractivity contribution in [3.05, 3.63) is 81.9 Å². The first-order chi connectivity index (χ1) is 16.2. The third-order valence-electron chi connectivity index (χ3n) is 6.37. The standard InChI is InChI=1S/C25H22IN6O/c1-26-18-6-4-16(5-7-18)25(33)31-12-9-17(15-31)22-13-20-19(8-11-27-24(20)30-22)21-14-29-32-23(21)3-2-10-28-32/h2-8,10-11,13-14,17H,9,12,15H2,1H3,(H,27,30)/q-1. The minimum atomic E-state index is 0.0463. The second-order valence-electron chi connectivity index (χ2n) is 8.23. The van der Waals surface area contributed by atoms with Crippen LogP contribution in [0, 0.1) is 3.57 Å². The van der Waals surface area contributed by atoms with Gasteiger partial charge in [0.05, 0.1) is 11.7 Å². The van der Waals surface area contributed by atoms with Gasteiger partial charge in [-0.2, -0.15) is 14.8 Å². The number of pyridine rings is 1. The van der Waals surface area contributed by atoms with Gasteiger partial charge in [0.2, 0.25) is 0 Å². The van der Waals surface area contributed by atoms with Crippen molar-refractivity contribution in [2.75, 3.05) is 18.0 Å². The summed E-state index contributed by atoms with van der Waals surface area (Å²) >= 11 is 0.0463. The molecule has 6 rings (SSSR count). The van der Waals surface area contributed by atoms with Crippen LogP contribution in [0.1, 0.15) is 28.4 Å². The Kier molecular flexibility index (Phi) is 5.09. The van der Waals surface area contributed by atoms with Crippen molar-refractivity contribution in [1.82, 2.24) is 29.7 Å². The molecule has 1 aliphatic heterocycles. The molecule has 166 valence electrons. The van der Waals surface area contributed by atoms with Crippen LogP contribution in [0.3, 0.4) is 0 Å². The fraction of sp³-hybridized carbons (Fsp3) is 0.200. The van der Waals surface area contributed by atoms with Crippen molar-refractivity contribution in [1.29, 1.82) is 0 Å². The van der Waals surface area contributed by atoms with E-state index in [0.29, 0.717) is 6.54 Å². The molecule has 5 aromatic rings. The molecule has 1 fully saturated rings. The molecule has 1 N–H and O–H groups in total. The Balaban J connectivity index is 1.28. The third-order valence-corrected chi connectivity index (χ3v) is 8.34. The molecule has 1 aromatic carbocycles. The number of fused-ring (bicyclic) bond motifs is 2. The molecule has 0 spiro atoms. The molecule has 0 bridgehead atoms. The average molecular weight is 549 g/mol. The van der Waals surface area contributed by atoms with E-state index < -0.39 is 0 Å². The predicted molar refractivity (Wildman–Crippen MR) is 122 cm³/mol. The molecule has 7 nitrogen and oxygen atoms in total. The molecule has 0 saturated carbocycles. The minimum absolute atomic E-state index is 0.0463. The van der Waals surface area contributed by atoms with E-state index in [9.17, 15) is 4.79 Å². The molecule has 1 atom stereocenters. The summed E-state index contributed by atoms with van der Waals surface area (Å²) in [6.07, 6.45) is 6.34. The maximum absolute atomic E-state index is 13.0. The molecule has 1 unspecified atom stereocenters. The number of likely N-dealkylation sites (tertiary alicyclic amines) is 1. The van der Waals surface area contributed by atoms with Gasteiger partial charge in [-0.25, -0.2) is 0 Å². The number of aromatic nitrogens is 5. The molecule has 33 heavy (non-hydrogen) atoms. The maximum atomic E-state index is 13.0. The number of benzene rings is 1. The van der Waals surface area contributed by atoms with Gasteiger partial charge in [0.15, 0.2) is 0 Å². The van der Waals surface area contributed by atoms with Crippen molar-refractivity contribution in [2.45, 2.75) is 12.3 Å². The number of hydrogen-bond donors (Lipinski definition) is 1. The van der Waals surface area contributed by atoms with Crippen molar-refractivity contribution in [3.63, 3.8) is 0 Å². The van der Waals surface area contributed by atoms with Crippen LogP contribution >= 0.6 is 0 Å². The van der Waals surface area contributed by atoms with Gasteiger partial charge in [0.1, 0.15) is 0 Å². The fourth-order valence-corrected chi connectivity index (χ4v) is 5.72. The van der Waals surface area contributed by atoms with E-state index in [0.717, 1.165) is 51.9 Å². The van der Waals surface area contributed by atoms with Gasteiger partial charge in [-0.05, 0) is 18.2 Å². The van der Waals surface area contributed by atoms with E-state index in [2.05, 4.69) is 43.3 Å². The molecule has 0 radical (unpaired) electrons. The number of hydrogen-bond acceptors (Lipinski definition) is 4. The first-order valence-corrected chi connectivity index (χ1v) is 14.1. The van der Waals surface area contributed by atoms with Crippen molar-refractivity contribution < 1.29 is 26.0 Å². The van der Waals surface area contributed by atoms with Crippen LogP contribution < -0.4 is 21.2 Å². The first-order valence-electron chi connectivity index (χ1n) is 10.9. The Bertz CT molecular complexity index is 1470. The predicted octanol–water partition coefficient (Wildman–Crippen LogP) is 0.791. The van der Waals surface area contributed by atoms with E-state index in [-0.39, 0.29) is 33.0 Å². The van der Waals surface area contributed by atoms with Crippen LogP contribution in [0.5, 0.6) is 0 Å². The van der Waals surface area contributed by atoms with E-state index in [4.69, 9.17) is 0 Å². The Hall–Kier alpha value is -3.27. The van der Waals surface area contributed by atoms with E-state index in [1.807, 2.05) is 47.6 Å². The van der Waals surface area contributed by atoms with E-state index in [1.54, 1.807) is 10.8 Å². The summed E-state index contributed by atoms with van der Waals surface area (Å²) in [4.78, 5) is 25.3. The summed E-state index contributed by atoms with van der Waals surface area (Å²) in [6, 6.07) is 16.3. The number of nitrogens with zero attached hydrogens (tertiary/aromatic N) is 5. The zero-order valence-electron chi connectivity index (χ0n) is 18.1. The second-order valence-corrected chi connectivity index (χ2v) is 10.6. The first kappa shape index (κ1) is 20.3. The normalized spacial score (nSPS) is 16.3. The average Bonchev–Trinajstić information content (AvgIpc) is 3.61. The number of amides is 1. The van der Waals surface area contributed by atoms with Gasteiger partial charge < -0.3 is 0 Å². The topological polar surface area (TPSA) is 79.2 Å². The van der Waals surface area contributed by atoms with Crippen LogP contribution in [0.2, 0.25) is 0 Å². The third kappa shape index (κ3) is 3.58. The van der Waals surface area contributed by atoms with Gasteiger partial charge in [-0.15, -0.1) is 0 Å². The number of alkyl halides is 1. The molecule has 4 aromatic heterocycles. The van der Waals surface area contributed by atoms with Crippen LogP contribution in [-0.4, -0.2) is 53.6 Å². The zero-order valence-corrected chi connectivity index (χ0v) is 20.2. The summed E-state index contributed by atoms with van der Waals surface area (Å²) < 4.78 is 3.00. The Labute approximate surface area is 201 Å². The van der Waals surface area contributed by atoms with E-state index in [1.165, 1.54) is 3.57 Å². The summed E-state index contributed by atoms with van der Waals surface area (Å²) in [5.41, 5.74) is 5.83. The Morgan fingerprint density at radius 3 is 2.82 bits per heavy atom. The van der Waals surface area contributed by atoms with E-state index >= 15 is 0 Å².